The second-order valence-corrected chi connectivity index (χ2v) is 6.58. The van der Waals surface area contributed by atoms with Gasteiger partial charge in [-0.1, -0.05) is 46.6 Å². The van der Waals surface area contributed by atoms with Crippen molar-refractivity contribution >= 4 is 33.4 Å². The van der Waals surface area contributed by atoms with Crippen LogP contribution in [0.3, 0.4) is 0 Å². The van der Waals surface area contributed by atoms with E-state index in [2.05, 4.69) is 51.7 Å². The molecule has 0 saturated carbocycles. The molecule has 0 spiro atoms. The van der Waals surface area contributed by atoms with Crippen molar-refractivity contribution in [2.24, 2.45) is 5.10 Å². The molecule has 0 fully saturated rings. The molecular formula is C16H17BrN8O2. The van der Waals surface area contributed by atoms with Crippen molar-refractivity contribution < 1.29 is 9.42 Å². The molecule has 0 unspecified atom stereocenters. The number of hydrazone groups is 1. The minimum atomic E-state index is -0.476. The number of aromatic nitrogens is 5. The van der Waals surface area contributed by atoms with Crippen LogP contribution in [0.2, 0.25) is 0 Å². The fourth-order valence-electron chi connectivity index (χ4n) is 2.39. The summed E-state index contributed by atoms with van der Waals surface area (Å²) in [5, 5.41) is 19.3. The molecule has 140 valence electrons. The number of carbonyl (C=O) groups excluding carboxylic acids is 1. The maximum absolute atomic E-state index is 12.6. The lowest BCUT2D eigenvalue weighted by Gasteiger charge is -2.05. The third kappa shape index (κ3) is 4.03. The smallest absolute Gasteiger partial charge is 0.293 e. The van der Waals surface area contributed by atoms with E-state index in [1.807, 2.05) is 31.2 Å². The molecule has 0 aliphatic heterocycles. The fourth-order valence-corrected chi connectivity index (χ4v) is 2.65. The summed E-state index contributed by atoms with van der Waals surface area (Å²) in [6, 6.07) is 7.59. The Balaban J connectivity index is 1.84. The number of nitrogens with one attached hydrogen (secondary N) is 1. The van der Waals surface area contributed by atoms with E-state index < -0.39 is 5.91 Å². The van der Waals surface area contributed by atoms with Crippen LogP contribution in [0.1, 0.15) is 42.0 Å². The number of benzene rings is 1. The summed E-state index contributed by atoms with van der Waals surface area (Å²) < 4.78 is 6.92. The Hall–Kier alpha value is -3.08. The van der Waals surface area contributed by atoms with Gasteiger partial charge in [0, 0.05) is 4.47 Å². The zero-order valence-electron chi connectivity index (χ0n) is 14.7. The lowest BCUT2D eigenvalue weighted by molar-refractivity contribution is 0.0948. The standard InChI is InChI=1S/C16H17BrN8O2/c1-3-4-12-13(20-24-25(12)15-14(18)22-27-23-15)16(26)21-19-9(2)10-5-7-11(17)8-6-10/h5-8H,3-4H2,1-2H3,(H2,18,22)(H,21,26). The highest BCUT2D eigenvalue weighted by molar-refractivity contribution is 9.10. The van der Waals surface area contributed by atoms with Gasteiger partial charge in [0.2, 0.25) is 11.6 Å². The van der Waals surface area contributed by atoms with Gasteiger partial charge in [-0.25, -0.2) is 10.1 Å². The quantitative estimate of drug-likeness (QED) is 0.449. The van der Waals surface area contributed by atoms with Crippen LogP contribution in [0.25, 0.3) is 5.82 Å². The molecule has 11 heteroatoms. The van der Waals surface area contributed by atoms with Crippen molar-refractivity contribution in [3.63, 3.8) is 0 Å². The Morgan fingerprint density at radius 1 is 1.33 bits per heavy atom. The van der Waals surface area contributed by atoms with E-state index in [4.69, 9.17) is 5.73 Å². The van der Waals surface area contributed by atoms with Crippen molar-refractivity contribution in [1.82, 2.24) is 30.7 Å². The van der Waals surface area contributed by atoms with E-state index in [9.17, 15) is 4.79 Å². The highest BCUT2D eigenvalue weighted by Gasteiger charge is 2.23. The maximum Gasteiger partial charge on any atom is 0.293 e. The van der Waals surface area contributed by atoms with Gasteiger partial charge in [0.25, 0.3) is 5.91 Å². The molecule has 27 heavy (non-hydrogen) atoms. The first-order valence-electron chi connectivity index (χ1n) is 8.14. The van der Waals surface area contributed by atoms with Crippen LogP contribution in [0.15, 0.2) is 38.5 Å². The summed E-state index contributed by atoms with van der Waals surface area (Å²) in [6.45, 7) is 3.77. The zero-order chi connectivity index (χ0) is 19.4. The predicted molar refractivity (Wildman–Crippen MR) is 101 cm³/mol. The number of hydrogen-bond acceptors (Lipinski definition) is 8. The van der Waals surface area contributed by atoms with Crippen LogP contribution in [0, 0.1) is 0 Å². The van der Waals surface area contributed by atoms with Crippen LogP contribution >= 0.6 is 15.9 Å². The first-order valence-corrected chi connectivity index (χ1v) is 8.94. The van der Waals surface area contributed by atoms with Crippen molar-refractivity contribution in [3.05, 3.63) is 45.7 Å². The van der Waals surface area contributed by atoms with E-state index in [-0.39, 0.29) is 17.3 Å². The van der Waals surface area contributed by atoms with E-state index in [0.717, 1.165) is 16.5 Å². The second-order valence-electron chi connectivity index (χ2n) is 5.66. The number of carbonyl (C=O) groups is 1. The molecule has 0 aliphatic carbocycles. The Labute approximate surface area is 162 Å². The minimum Gasteiger partial charge on any atom is -0.378 e. The molecule has 0 saturated heterocycles. The number of nitrogens with two attached hydrogens (primary N) is 1. The Bertz CT molecular complexity index is 977. The van der Waals surface area contributed by atoms with Gasteiger partial charge in [0.15, 0.2) is 5.69 Å². The molecule has 2 heterocycles. The summed E-state index contributed by atoms with van der Waals surface area (Å²) in [5.74, 6) is -0.218. The largest absolute Gasteiger partial charge is 0.378 e. The predicted octanol–water partition coefficient (Wildman–Crippen LogP) is 2.10. The monoisotopic (exact) mass is 432 g/mol. The summed E-state index contributed by atoms with van der Waals surface area (Å²) in [4.78, 5) is 12.6. The number of amides is 1. The molecule has 3 N–H and O–H groups in total. The maximum atomic E-state index is 12.6. The molecule has 2 aromatic heterocycles. The summed E-state index contributed by atoms with van der Waals surface area (Å²) in [6.07, 6.45) is 1.30. The Morgan fingerprint density at radius 2 is 2.07 bits per heavy atom. The summed E-state index contributed by atoms with van der Waals surface area (Å²) >= 11 is 3.38. The van der Waals surface area contributed by atoms with Crippen LogP contribution in [-0.4, -0.2) is 36.9 Å². The topological polar surface area (TPSA) is 137 Å². The van der Waals surface area contributed by atoms with Crippen LogP contribution in [0.5, 0.6) is 0 Å². The third-order valence-corrected chi connectivity index (χ3v) is 4.28. The minimum absolute atomic E-state index is 0.0633. The molecule has 0 atom stereocenters. The van der Waals surface area contributed by atoms with E-state index in [0.29, 0.717) is 17.8 Å². The zero-order valence-corrected chi connectivity index (χ0v) is 16.3. The number of rotatable bonds is 6. The molecule has 10 nitrogen and oxygen atoms in total. The number of anilines is 1. The number of nitrogen functional groups attached to an aromatic ring is 1. The lowest BCUT2D eigenvalue weighted by atomic mass is 10.1. The van der Waals surface area contributed by atoms with Gasteiger partial charge in [-0.2, -0.15) is 9.78 Å². The first kappa shape index (κ1) is 18.7. The van der Waals surface area contributed by atoms with Crippen molar-refractivity contribution in [1.29, 1.82) is 0 Å². The van der Waals surface area contributed by atoms with Gasteiger partial charge in [-0.05, 0) is 41.4 Å². The molecule has 3 rings (SSSR count). The van der Waals surface area contributed by atoms with Crippen LogP contribution in [0.4, 0.5) is 5.82 Å². The van der Waals surface area contributed by atoms with Gasteiger partial charge in [0.1, 0.15) is 0 Å². The van der Waals surface area contributed by atoms with E-state index >= 15 is 0 Å². The molecule has 3 aromatic rings. The second kappa shape index (κ2) is 8.08. The molecule has 0 bridgehead atoms. The number of hydrogen-bond donors (Lipinski definition) is 2. The highest BCUT2D eigenvalue weighted by Crippen LogP contribution is 2.17. The number of halogens is 1. The van der Waals surface area contributed by atoms with Gasteiger partial charge >= 0.3 is 0 Å². The van der Waals surface area contributed by atoms with Crippen molar-refractivity contribution in [2.45, 2.75) is 26.7 Å². The van der Waals surface area contributed by atoms with Gasteiger partial charge in [-0.3, -0.25) is 4.79 Å². The molecule has 0 aliphatic rings. The highest BCUT2D eigenvalue weighted by atomic mass is 79.9. The average molecular weight is 433 g/mol. The Morgan fingerprint density at radius 3 is 2.70 bits per heavy atom. The van der Waals surface area contributed by atoms with Gasteiger partial charge in [0.05, 0.1) is 11.4 Å². The Kier molecular flexibility index (Phi) is 5.60. The average Bonchev–Trinajstić information content (AvgIpc) is 3.26. The number of nitrogens with zero attached hydrogens (tertiary/aromatic N) is 6. The first-order chi connectivity index (χ1) is 13.0. The summed E-state index contributed by atoms with van der Waals surface area (Å²) in [5.41, 5.74) is 10.5. The van der Waals surface area contributed by atoms with Crippen molar-refractivity contribution in [3.8, 4) is 5.82 Å². The van der Waals surface area contributed by atoms with Crippen LogP contribution in [-0.2, 0) is 6.42 Å². The normalized spacial score (nSPS) is 11.6. The van der Waals surface area contributed by atoms with Gasteiger partial charge in [-0.15, -0.1) is 5.10 Å². The van der Waals surface area contributed by atoms with E-state index in [1.165, 1.54) is 4.68 Å². The molecule has 1 aromatic carbocycles. The van der Waals surface area contributed by atoms with Crippen LogP contribution < -0.4 is 11.2 Å². The summed E-state index contributed by atoms with van der Waals surface area (Å²) in [7, 11) is 0. The SMILES string of the molecule is CCCc1c(C(=O)NN=C(C)c2ccc(Br)cc2)nnn1-c1nonc1N. The lowest BCUT2D eigenvalue weighted by Crippen LogP contribution is -2.21. The van der Waals surface area contributed by atoms with Gasteiger partial charge < -0.3 is 5.73 Å². The molecular weight excluding hydrogens is 416 g/mol. The van der Waals surface area contributed by atoms with E-state index in [1.54, 1.807) is 6.92 Å². The third-order valence-electron chi connectivity index (χ3n) is 3.75. The van der Waals surface area contributed by atoms with Crippen molar-refractivity contribution in [2.75, 3.05) is 5.73 Å². The fraction of sp³-hybridized carbons (Fsp3) is 0.250. The molecule has 1 amide bonds. The molecule has 0 radical (unpaired) electrons.